The molecule has 2 amide bonds. The summed E-state index contributed by atoms with van der Waals surface area (Å²) in [4.78, 5) is 31.8. The van der Waals surface area contributed by atoms with Crippen LogP contribution >= 0.6 is 0 Å². The molecule has 1 N–H and O–H groups in total. The van der Waals surface area contributed by atoms with E-state index in [4.69, 9.17) is 6.42 Å². The summed E-state index contributed by atoms with van der Waals surface area (Å²) >= 11 is 0. The van der Waals surface area contributed by atoms with Gasteiger partial charge in [-0.3, -0.25) is 9.59 Å². The van der Waals surface area contributed by atoms with E-state index in [9.17, 15) is 9.59 Å². The lowest BCUT2D eigenvalue weighted by molar-refractivity contribution is -0.116. The predicted octanol–water partition coefficient (Wildman–Crippen LogP) is 3.79. The monoisotopic (exact) mass is 451 g/mol. The van der Waals surface area contributed by atoms with Crippen molar-refractivity contribution in [2.24, 2.45) is 0 Å². The van der Waals surface area contributed by atoms with E-state index in [1.165, 1.54) is 10.5 Å². The molecule has 0 atom stereocenters. The van der Waals surface area contributed by atoms with Crippen molar-refractivity contribution in [1.29, 1.82) is 0 Å². The molecule has 2 aromatic heterocycles. The second-order valence-electron chi connectivity index (χ2n) is 8.27. The molecular weight excluding hydrogens is 426 g/mol. The van der Waals surface area contributed by atoms with Gasteiger partial charge in [0.05, 0.1) is 30.2 Å². The van der Waals surface area contributed by atoms with Gasteiger partial charge in [0.2, 0.25) is 5.91 Å². The van der Waals surface area contributed by atoms with Gasteiger partial charge in [0.15, 0.2) is 5.65 Å². The van der Waals surface area contributed by atoms with E-state index >= 15 is 0 Å². The van der Waals surface area contributed by atoms with Gasteiger partial charge in [-0.2, -0.15) is 5.10 Å². The Hall–Kier alpha value is -4.44. The molecule has 2 aromatic carbocycles. The van der Waals surface area contributed by atoms with Gasteiger partial charge < -0.3 is 10.2 Å². The first-order valence-electron chi connectivity index (χ1n) is 10.8. The van der Waals surface area contributed by atoms with Gasteiger partial charge in [-0.1, -0.05) is 41.8 Å². The average Bonchev–Trinajstić information content (AvgIpc) is 3.21. The Kier molecular flexibility index (Phi) is 6.42. The number of nitrogens with one attached hydrogen (secondary N) is 1. The molecule has 0 saturated carbocycles. The van der Waals surface area contributed by atoms with Crippen molar-refractivity contribution >= 4 is 28.5 Å². The highest BCUT2D eigenvalue weighted by Gasteiger charge is 2.20. The van der Waals surface area contributed by atoms with Crippen LogP contribution in [-0.4, -0.2) is 45.1 Å². The van der Waals surface area contributed by atoms with Crippen LogP contribution in [0.3, 0.4) is 0 Å². The van der Waals surface area contributed by atoms with E-state index in [2.05, 4.69) is 45.6 Å². The highest BCUT2D eigenvalue weighted by atomic mass is 16.2. The Balaban J connectivity index is 1.53. The van der Waals surface area contributed by atoms with Gasteiger partial charge in [-0.15, -0.1) is 6.42 Å². The van der Waals surface area contributed by atoms with E-state index in [0.717, 1.165) is 5.56 Å². The molecule has 0 saturated heterocycles. The number of benzene rings is 2. The van der Waals surface area contributed by atoms with E-state index < -0.39 is 0 Å². The van der Waals surface area contributed by atoms with Crippen LogP contribution in [0, 0.1) is 26.2 Å². The topological polar surface area (TPSA) is 80.1 Å². The summed E-state index contributed by atoms with van der Waals surface area (Å²) < 4.78 is 1.79. The normalized spacial score (nSPS) is 10.6. The Morgan fingerprint density at radius 2 is 1.88 bits per heavy atom. The minimum absolute atomic E-state index is 0.112. The van der Waals surface area contributed by atoms with Gasteiger partial charge in [0, 0.05) is 24.0 Å². The number of aromatic nitrogens is 3. The number of fused-ring (bicyclic) bond motifs is 1. The molecule has 4 aromatic rings. The van der Waals surface area contributed by atoms with Gasteiger partial charge in [0.25, 0.3) is 5.91 Å². The molecule has 7 nitrogen and oxygen atoms in total. The van der Waals surface area contributed by atoms with Crippen LogP contribution in [0.5, 0.6) is 0 Å². The number of rotatable bonds is 6. The Labute approximate surface area is 198 Å². The molecule has 2 heterocycles. The lowest BCUT2D eigenvalue weighted by Gasteiger charge is -2.18. The predicted molar refractivity (Wildman–Crippen MR) is 133 cm³/mol. The third-order valence-electron chi connectivity index (χ3n) is 5.46. The molecule has 0 fully saturated rings. The van der Waals surface area contributed by atoms with Gasteiger partial charge >= 0.3 is 0 Å². The molecule has 170 valence electrons. The highest BCUT2D eigenvalue weighted by Crippen LogP contribution is 2.21. The molecule has 0 radical (unpaired) electrons. The number of nitrogens with zero attached hydrogens (tertiary/aromatic N) is 4. The van der Waals surface area contributed by atoms with Crippen LogP contribution in [0.2, 0.25) is 0 Å². The second kappa shape index (κ2) is 9.59. The first-order valence-corrected chi connectivity index (χ1v) is 10.8. The fourth-order valence-corrected chi connectivity index (χ4v) is 3.71. The van der Waals surface area contributed by atoms with E-state index in [1.807, 2.05) is 13.8 Å². The third kappa shape index (κ3) is 4.97. The quantitative estimate of drug-likeness (QED) is 0.453. The maximum Gasteiger partial charge on any atom is 0.254 e. The Morgan fingerprint density at radius 1 is 1.12 bits per heavy atom. The molecule has 0 aliphatic heterocycles. The van der Waals surface area contributed by atoms with Crippen LogP contribution in [0.25, 0.3) is 11.0 Å². The summed E-state index contributed by atoms with van der Waals surface area (Å²) in [7, 11) is 1.60. The lowest BCUT2D eigenvalue weighted by atomic mass is 10.1. The van der Waals surface area contributed by atoms with Crippen molar-refractivity contribution in [2.45, 2.75) is 20.4 Å². The number of amides is 2. The standard InChI is InChI=1S/C27H25N5O2/c1-5-20-7-6-8-22(14-20)30-25(33)17-31(4)27(34)23-13-19(3)29-26-24(23)15-28-32(26)16-21-11-9-18(2)10-12-21/h1,6-15H,16-17H2,2-4H3,(H,30,33). The Bertz CT molecular complexity index is 1410. The van der Waals surface area contributed by atoms with Crippen LogP contribution in [0.15, 0.2) is 60.8 Å². The smallest absolute Gasteiger partial charge is 0.254 e. The number of hydrogen-bond acceptors (Lipinski definition) is 4. The van der Waals surface area contributed by atoms with Crippen molar-refractivity contribution in [3.8, 4) is 12.3 Å². The van der Waals surface area contributed by atoms with Crippen LogP contribution in [-0.2, 0) is 11.3 Å². The molecule has 0 unspecified atom stereocenters. The molecule has 0 aliphatic carbocycles. The van der Waals surface area contributed by atoms with Gasteiger partial charge in [-0.05, 0) is 43.7 Å². The fourth-order valence-electron chi connectivity index (χ4n) is 3.71. The first kappa shape index (κ1) is 22.7. The van der Waals surface area contributed by atoms with Crippen LogP contribution in [0.4, 0.5) is 5.69 Å². The maximum atomic E-state index is 13.3. The zero-order valence-corrected chi connectivity index (χ0v) is 19.4. The lowest BCUT2D eigenvalue weighted by Crippen LogP contribution is -2.35. The van der Waals surface area contributed by atoms with E-state index in [-0.39, 0.29) is 18.4 Å². The maximum absolute atomic E-state index is 13.3. The van der Waals surface area contributed by atoms with Crippen molar-refractivity contribution in [2.75, 3.05) is 18.9 Å². The molecule has 34 heavy (non-hydrogen) atoms. The fraction of sp³-hybridized carbons (Fsp3) is 0.185. The molecule has 0 aliphatic rings. The third-order valence-corrected chi connectivity index (χ3v) is 5.46. The minimum atomic E-state index is -0.317. The molecule has 7 heteroatoms. The zero-order valence-electron chi connectivity index (χ0n) is 19.4. The van der Waals surface area contributed by atoms with Crippen LogP contribution in [0.1, 0.15) is 32.7 Å². The summed E-state index contributed by atoms with van der Waals surface area (Å²) in [6.07, 6.45) is 7.07. The number of aryl methyl sites for hydroxylation is 2. The summed E-state index contributed by atoms with van der Waals surface area (Å²) in [5, 5.41) is 7.91. The largest absolute Gasteiger partial charge is 0.332 e. The summed E-state index contributed by atoms with van der Waals surface area (Å²) in [6.45, 7) is 4.31. The summed E-state index contributed by atoms with van der Waals surface area (Å²) in [6, 6.07) is 16.9. The molecule has 4 rings (SSSR count). The van der Waals surface area contributed by atoms with Crippen LogP contribution < -0.4 is 5.32 Å². The molecular formula is C27H25N5O2. The first-order chi connectivity index (χ1) is 16.3. The number of hydrogen-bond donors (Lipinski definition) is 1. The molecule has 0 spiro atoms. The summed E-state index contributed by atoms with van der Waals surface area (Å²) in [5.41, 5.74) is 5.32. The summed E-state index contributed by atoms with van der Waals surface area (Å²) in [5.74, 6) is 1.94. The number of likely N-dealkylation sites (N-methyl/N-ethyl adjacent to an activating group) is 1. The zero-order chi connectivity index (χ0) is 24.2. The highest BCUT2D eigenvalue weighted by molar-refractivity contribution is 6.07. The van der Waals surface area contributed by atoms with Crippen molar-refractivity contribution in [3.05, 3.63) is 88.7 Å². The van der Waals surface area contributed by atoms with Crippen molar-refractivity contribution < 1.29 is 9.59 Å². The SMILES string of the molecule is C#Cc1cccc(NC(=O)CN(C)C(=O)c2cc(C)nc3c2cnn3Cc2ccc(C)cc2)c1. The van der Waals surface area contributed by atoms with Crippen molar-refractivity contribution in [3.63, 3.8) is 0 Å². The number of terminal acetylenes is 1. The van der Waals surface area contributed by atoms with Crippen molar-refractivity contribution in [1.82, 2.24) is 19.7 Å². The average molecular weight is 452 g/mol. The number of anilines is 1. The minimum Gasteiger partial charge on any atom is -0.332 e. The van der Waals surface area contributed by atoms with E-state index in [1.54, 1.807) is 48.3 Å². The molecule has 0 bridgehead atoms. The van der Waals surface area contributed by atoms with E-state index in [0.29, 0.717) is 40.1 Å². The second-order valence-corrected chi connectivity index (χ2v) is 8.27. The van der Waals surface area contributed by atoms with Gasteiger partial charge in [0.1, 0.15) is 0 Å². The Morgan fingerprint density at radius 3 is 2.62 bits per heavy atom. The number of carbonyl (C=O) groups excluding carboxylic acids is 2. The number of pyridine rings is 1. The number of carbonyl (C=O) groups is 2. The van der Waals surface area contributed by atoms with Gasteiger partial charge in [-0.25, -0.2) is 9.67 Å².